The van der Waals surface area contributed by atoms with E-state index in [0.717, 1.165) is 25.9 Å². The van der Waals surface area contributed by atoms with Crippen LogP contribution in [0, 0.1) is 5.82 Å². The predicted molar refractivity (Wildman–Crippen MR) is 98.8 cm³/mol. The summed E-state index contributed by atoms with van der Waals surface area (Å²) in [6.45, 7) is 1.50. The lowest BCUT2D eigenvalue weighted by atomic mass is 10.1. The molecule has 1 N–H and O–H groups in total. The van der Waals surface area contributed by atoms with Gasteiger partial charge in [0.15, 0.2) is 0 Å². The zero-order chi connectivity index (χ0) is 18.3. The molecule has 1 fully saturated rings. The SMILES string of the molecule is O=C(Cn1ccc2[nH]cc(-c3ccc(Cl)c(F)c3)c2c1=O)N1CCCC1. The number of hydrogen-bond donors (Lipinski definition) is 1. The minimum atomic E-state index is -0.543. The summed E-state index contributed by atoms with van der Waals surface area (Å²) in [5.74, 6) is -0.599. The summed E-state index contributed by atoms with van der Waals surface area (Å²) in [5, 5.41) is 0.464. The van der Waals surface area contributed by atoms with Crippen molar-refractivity contribution in [1.82, 2.24) is 14.5 Å². The van der Waals surface area contributed by atoms with Crippen molar-refractivity contribution in [2.45, 2.75) is 19.4 Å². The van der Waals surface area contributed by atoms with Crippen LogP contribution in [0.2, 0.25) is 5.02 Å². The van der Waals surface area contributed by atoms with Gasteiger partial charge in [0.2, 0.25) is 5.91 Å². The third kappa shape index (κ3) is 2.90. The van der Waals surface area contributed by atoms with Gasteiger partial charge in [-0.05, 0) is 36.6 Å². The molecule has 1 saturated heterocycles. The van der Waals surface area contributed by atoms with Gasteiger partial charge in [0.1, 0.15) is 12.4 Å². The van der Waals surface area contributed by atoms with E-state index in [1.165, 1.54) is 16.7 Å². The average Bonchev–Trinajstić information content (AvgIpc) is 3.29. The fraction of sp³-hybridized carbons (Fsp3) is 0.263. The van der Waals surface area contributed by atoms with Crippen LogP contribution in [-0.4, -0.2) is 33.4 Å². The highest BCUT2D eigenvalue weighted by Gasteiger charge is 2.20. The number of rotatable bonds is 3. The Morgan fingerprint density at radius 1 is 1.23 bits per heavy atom. The molecule has 3 heterocycles. The predicted octanol–water partition coefficient (Wildman–Crippen LogP) is 3.41. The van der Waals surface area contributed by atoms with Crippen molar-refractivity contribution in [1.29, 1.82) is 0 Å². The van der Waals surface area contributed by atoms with Gasteiger partial charge in [-0.2, -0.15) is 0 Å². The molecular weight excluding hydrogens is 357 g/mol. The van der Waals surface area contributed by atoms with Crippen LogP contribution >= 0.6 is 11.6 Å². The van der Waals surface area contributed by atoms with E-state index in [0.29, 0.717) is 22.0 Å². The minimum Gasteiger partial charge on any atom is -0.360 e. The highest BCUT2D eigenvalue weighted by atomic mass is 35.5. The largest absolute Gasteiger partial charge is 0.360 e. The molecule has 4 rings (SSSR count). The molecule has 0 radical (unpaired) electrons. The van der Waals surface area contributed by atoms with E-state index in [9.17, 15) is 14.0 Å². The molecule has 1 aliphatic heterocycles. The molecule has 1 aliphatic rings. The maximum absolute atomic E-state index is 13.8. The van der Waals surface area contributed by atoms with Crippen LogP contribution in [0.15, 0.2) is 41.5 Å². The van der Waals surface area contributed by atoms with Crippen molar-refractivity contribution in [3.05, 3.63) is 57.9 Å². The molecule has 0 unspecified atom stereocenters. The van der Waals surface area contributed by atoms with E-state index >= 15 is 0 Å². The number of hydrogen-bond acceptors (Lipinski definition) is 2. The van der Waals surface area contributed by atoms with Gasteiger partial charge in [0.25, 0.3) is 5.56 Å². The van der Waals surface area contributed by atoms with Gasteiger partial charge >= 0.3 is 0 Å². The summed E-state index contributed by atoms with van der Waals surface area (Å²) in [6, 6.07) is 6.19. The van der Waals surface area contributed by atoms with E-state index in [-0.39, 0.29) is 23.0 Å². The number of benzene rings is 1. The lowest BCUT2D eigenvalue weighted by Crippen LogP contribution is -2.34. The number of halogens is 2. The fourth-order valence-corrected chi connectivity index (χ4v) is 3.52. The Morgan fingerprint density at radius 2 is 2.00 bits per heavy atom. The molecule has 0 bridgehead atoms. The Labute approximate surface area is 154 Å². The molecule has 0 aliphatic carbocycles. The van der Waals surface area contributed by atoms with Gasteiger partial charge in [0.05, 0.1) is 15.9 Å². The molecule has 1 amide bonds. The zero-order valence-corrected chi connectivity index (χ0v) is 14.7. The monoisotopic (exact) mass is 373 g/mol. The zero-order valence-electron chi connectivity index (χ0n) is 14.0. The van der Waals surface area contributed by atoms with E-state index in [1.54, 1.807) is 29.4 Å². The second-order valence-corrected chi connectivity index (χ2v) is 6.86. The third-order valence-corrected chi connectivity index (χ3v) is 5.11. The number of amides is 1. The lowest BCUT2D eigenvalue weighted by Gasteiger charge is -2.16. The summed E-state index contributed by atoms with van der Waals surface area (Å²) in [5.41, 5.74) is 1.51. The average molecular weight is 374 g/mol. The van der Waals surface area contributed by atoms with Crippen molar-refractivity contribution in [3.8, 4) is 11.1 Å². The van der Waals surface area contributed by atoms with Crippen molar-refractivity contribution in [2.24, 2.45) is 0 Å². The summed E-state index contributed by atoms with van der Waals surface area (Å²) in [7, 11) is 0. The summed E-state index contributed by atoms with van der Waals surface area (Å²) in [4.78, 5) is 30.1. The number of carbonyl (C=O) groups excluding carboxylic acids is 1. The Hall–Kier alpha value is -2.60. The van der Waals surface area contributed by atoms with E-state index in [4.69, 9.17) is 11.6 Å². The Morgan fingerprint density at radius 3 is 2.73 bits per heavy atom. The van der Waals surface area contributed by atoms with Crippen molar-refractivity contribution < 1.29 is 9.18 Å². The highest BCUT2D eigenvalue weighted by Crippen LogP contribution is 2.28. The number of fused-ring (bicyclic) bond motifs is 1. The van der Waals surface area contributed by atoms with Crippen LogP contribution in [0.25, 0.3) is 22.0 Å². The van der Waals surface area contributed by atoms with Crippen LogP contribution < -0.4 is 5.56 Å². The molecule has 2 aromatic heterocycles. The topological polar surface area (TPSA) is 58.1 Å². The molecule has 134 valence electrons. The van der Waals surface area contributed by atoms with Gasteiger partial charge in [-0.1, -0.05) is 17.7 Å². The normalized spacial score (nSPS) is 14.3. The van der Waals surface area contributed by atoms with Gasteiger partial charge < -0.3 is 14.5 Å². The van der Waals surface area contributed by atoms with Crippen molar-refractivity contribution in [2.75, 3.05) is 13.1 Å². The molecule has 0 spiro atoms. The van der Waals surface area contributed by atoms with Gasteiger partial charge in [0, 0.05) is 31.0 Å². The number of nitrogens with zero attached hydrogens (tertiary/aromatic N) is 2. The standard InChI is InChI=1S/C19H17ClFN3O2/c20-14-4-3-12(9-15(14)21)13-10-22-16-5-8-24(19(26)18(13)16)11-17(25)23-6-1-2-7-23/h3-5,8-10,22H,1-2,6-7,11H2. The lowest BCUT2D eigenvalue weighted by molar-refractivity contribution is -0.130. The first-order valence-corrected chi connectivity index (χ1v) is 8.86. The van der Waals surface area contributed by atoms with Crippen LogP contribution in [0.1, 0.15) is 12.8 Å². The molecule has 0 atom stereocenters. The first-order valence-electron chi connectivity index (χ1n) is 8.48. The molecule has 0 saturated carbocycles. The molecule has 5 nitrogen and oxygen atoms in total. The van der Waals surface area contributed by atoms with Crippen LogP contribution in [0.5, 0.6) is 0 Å². The first kappa shape index (κ1) is 16.8. The Balaban J connectivity index is 1.75. The Bertz CT molecular complexity index is 1050. The maximum atomic E-state index is 13.8. The number of likely N-dealkylation sites (tertiary alicyclic amines) is 1. The third-order valence-electron chi connectivity index (χ3n) is 4.80. The number of H-pyrrole nitrogens is 1. The number of aromatic nitrogens is 2. The molecular formula is C19H17ClFN3O2. The molecule has 1 aromatic carbocycles. The minimum absolute atomic E-state index is 0.00831. The maximum Gasteiger partial charge on any atom is 0.261 e. The van der Waals surface area contributed by atoms with Crippen LogP contribution in [0.3, 0.4) is 0 Å². The number of carbonyl (C=O) groups is 1. The second kappa shape index (κ2) is 6.61. The summed E-state index contributed by atoms with van der Waals surface area (Å²) >= 11 is 5.75. The van der Waals surface area contributed by atoms with Crippen molar-refractivity contribution >= 4 is 28.4 Å². The van der Waals surface area contributed by atoms with Gasteiger partial charge in [-0.15, -0.1) is 0 Å². The second-order valence-electron chi connectivity index (χ2n) is 6.46. The fourth-order valence-electron chi connectivity index (χ4n) is 3.41. The van der Waals surface area contributed by atoms with E-state index < -0.39 is 5.82 Å². The molecule has 3 aromatic rings. The van der Waals surface area contributed by atoms with E-state index in [1.807, 2.05) is 0 Å². The quantitative estimate of drug-likeness (QED) is 0.764. The van der Waals surface area contributed by atoms with E-state index in [2.05, 4.69) is 4.98 Å². The van der Waals surface area contributed by atoms with Crippen molar-refractivity contribution in [3.63, 3.8) is 0 Å². The first-order chi connectivity index (χ1) is 12.5. The molecule has 7 heteroatoms. The van der Waals surface area contributed by atoms with Crippen LogP contribution in [-0.2, 0) is 11.3 Å². The summed E-state index contributed by atoms with van der Waals surface area (Å²) < 4.78 is 15.2. The highest BCUT2D eigenvalue weighted by molar-refractivity contribution is 6.30. The number of aromatic amines is 1. The van der Waals surface area contributed by atoms with Crippen LogP contribution in [0.4, 0.5) is 4.39 Å². The van der Waals surface area contributed by atoms with Gasteiger partial charge in [-0.3, -0.25) is 9.59 Å². The Kier molecular flexibility index (Phi) is 4.28. The summed E-state index contributed by atoms with van der Waals surface area (Å²) in [6.07, 6.45) is 5.29. The number of pyridine rings is 1. The van der Waals surface area contributed by atoms with Gasteiger partial charge in [-0.25, -0.2) is 4.39 Å². The smallest absolute Gasteiger partial charge is 0.261 e. The number of nitrogens with one attached hydrogen (secondary N) is 1. The molecule has 26 heavy (non-hydrogen) atoms.